The first-order valence-corrected chi connectivity index (χ1v) is 8.28. The first-order valence-electron chi connectivity index (χ1n) is 8.28. The molecule has 0 atom stereocenters. The van der Waals surface area contributed by atoms with E-state index in [0.29, 0.717) is 16.7 Å². The minimum Gasteiger partial charge on any atom is -0.497 e. The van der Waals surface area contributed by atoms with Crippen molar-refractivity contribution in [2.45, 2.75) is 0 Å². The molecule has 4 aromatic rings. The number of benzene rings is 3. The van der Waals surface area contributed by atoms with Gasteiger partial charge in [0, 0.05) is 17.3 Å². The summed E-state index contributed by atoms with van der Waals surface area (Å²) >= 11 is 0. The van der Waals surface area contributed by atoms with Crippen LogP contribution in [0.2, 0.25) is 0 Å². The fraction of sp³-hybridized carbons (Fsp3) is 0.0455. The van der Waals surface area contributed by atoms with Crippen LogP contribution < -0.4 is 15.5 Å². The van der Waals surface area contributed by atoms with E-state index in [0.717, 1.165) is 22.7 Å². The molecule has 3 aromatic carbocycles. The van der Waals surface area contributed by atoms with Crippen LogP contribution in [0.1, 0.15) is 0 Å². The van der Waals surface area contributed by atoms with E-state index in [4.69, 9.17) is 9.15 Å². The van der Waals surface area contributed by atoms with Gasteiger partial charge < -0.3 is 14.5 Å². The predicted octanol–water partition coefficient (Wildman–Crippen LogP) is 5.21. The van der Waals surface area contributed by atoms with E-state index in [1.165, 1.54) is 6.07 Å². The smallest absolute Gasteiger partial charge is 0.193 e. The lowest BCUT2D eigenvalue weighted by Crippen LogP contribution is -2.02. The molecule has 4 nitrogen and oxygen atoms in total. The summed E-state index contributed by atoms with van der Waals surface area (Å²) in [6.07, 6.45) is 0. The highest BCUT2D eigenvalue weighted by Gasteiger charge is 2.10. The van der Waals surface area contributed by atoms with Gasteiger partial charge in [-0.05, 0) is 36.4 Å². The number of hydrogen-bond donors (Lipinski definition) is 1. The predicted molar refractivity (Wildman–Crippen MR) is 104 cm³/mol. The number of anilines is 2. The van der Waals surface area contributed by atoms with Crippen LogP contribution in [0.15, 0.2) is 88.1 Å². The second-order valence-corrected chi connectivity index (χ2v) is 5.88. The summed E-state index contributed by atoms with van der Waals surface area (Å²) in [5, 5.41) is 3.86. The minimum atomic E-state index is -0.0662. The Kier molecular flexibility index (Phi) is 4.15. The second-order valence-electron chi connectivity index (χ2n) is 5.88. The van der Waals surface area contributed by atoms with Crippen molar-refractivity contribution in [1.29, 1.82) is 0 Å². The van der Waals surface area contributed by atoms with E-state index in [9.17, 15) is 4.79 Å². The summed E-state index contributed by atoms with van der Waals surface area (Å²) in [4.78, 5) is 12.6. The van der Waals surface area contributed by atoms with Crippen molar-refractivity contribution >= 4 is 22.3 Å². The molecule has 0 spiro atoms. The zero-order chi connectivity index (χ0) is 17.9. The summed E-state index contributed by atoms with van der Waals surface area (Å²) in [7, 11) is 1.63. The van der Waals surface area contributed by atoms with E-state index in [1.807, 2.05) is 66.7 Å². The molecule has 26 heavy (non-hydrogen) atoms. The number of rotatable bonds is 4. The summed E-state index contributed by atoms with van der Waals surface area (Å²) in [5.41, 5.74) is 2.96. The van der Waals surface area contributed by atoms with Gasteiger partial charge in [-0.3, -0.25) is 4.79 Å². The molecule has 0 saturated heterocycles. The largest absolute Gasteiger partial charge is 0.497 e. The highest BCUT2D eigenvalue weighted by Crippen LogP contribution is 2.29. The van der Waals surface area contributed by atoms with E-state index in [1.54, 1.807) is 13.2 Å². The van der Waals surface area contributed by atoms with Crippen LogP contribution >= 0.6 is 0 Å². The molecule has 4 rings (SSSR count). The van der Waals surface area contributed by atoms with Crippen LogP contribution in [-0.2, 0) is 0 Å². The van der Waals surface area contributed by atoms with Crippen molar-refractivity contribution in [2.24, 2.45) is 0 Å². The van der Waals surface area contributed by atoms with E-state index < -0.39 is 0 Å². The van der Waals surface area contributed by atoms with Crippen molar-refractivity contribution in [3.63, 3.8) is 0 Å². The van der Waals surface area contributed by atoms with Crippen LogP contribution in [0.5, 0.6) is 5.75 Å². The zero-order valence-electron chi connectivity index (χ0n) is 14.2. The Morgan fingerprint density at radius 2 is 1.65 bits per heavy atom. The first-order chi connectivity index (χ1) is 12.7. The van der Waals surface area contributed by atoms with E-state index in [-0.39, 0.29) is 5.43 Å². The van der Waals surface area contributed by atoms with Gasteiger partial charge in [0.05, 0.1) is 18.2 Å². The Bertz CT molecular complexity index is 1100. The summed E-state index contributed by atoms with van der Waals surface area (Å²) in [5.74, 6) is 1.33. The molecule has 4 heteroatoms. The second kappa shape index (κ2) is 6.76. The average molecular weight is 343 g/mol. The number of fused-ring (bicyclic) bond motifs is 1. The molecule has 1 aromatic heterocycles. The Balaban J connectivity index is 1.81. The first kappa shape index (κ1) is 16.0. The highest BCUT2D eigenvalue weighted by molar-refractivity contribution is 5.91. The average Bonchev–Trinajstić information content (AvgIpc) is 2.70. The SMILES string of the molecule is COc1ccc(Nc2cccc3c(=O)cc(-c4ccccc4)oc23)cc1. The van der Waals surface area contributed by atoms with Gasteiger partial charge in [-0.2, -0.15) is 0 Å². The Morgan fingerprint density at radius 1 is 0.885 bits per heavy atom. The van der Waals surface area contributed by atoms with Gasteiger partial charge in [0.15, 0.2) is 11.0 Å². The van der Waals surface area contributed by atoms with E-state index >= 15 is 0 Å². The number of para-hydroxylation sites is 1. The van der Waals surface area contributed by atoms with Crippen LogP contribution in [-0.4, -0.2) is 7.11 Å². The maximum atomic E-state index is 12.6. The number of hydrogen-bond acceptors (Lipinski definition) is 4. The molecule has 0 bridgehead atoms. The lowest BCUT2D eigenvalue weighted by molar-refractivity contribution is 0.415. The van der Waals surface area contributed by atoms with Crippen molar-refractivity contribution in [3.8, 4) is 17.1 Å². The molecular formula is C22H17NO3. The molecule has 1 N–H and O–H groups in total. The van der Waals surface area contributed by atoms with Gasteiger partial charge in [0.1, 0.15) is 11.5 Å². The molecule has 0 saturated carbocycles. The zero-order valence-corrected chi connectivity index (χ0v) is 14.2. The van der Waals surface area contributed by atoms with Gasteiger partial charge in [-0.15, -0.1) is 0 Å². The molecular weight excluding hydrogens is 326 g/mol. The Morgan fingerprint density at radius 3 is 2.38 bits per heavy atom. The lowest BCUT2D eigenvalue weighted by Gasteiger charge is -2.11. The third-order valence-electron chi connectivity index (χ3n) is 4.18. The van der Waals surface area contributed by atoms with Gasteiger partial charge in [-0.25, -0.2) is 0 Å². The molecule has 1 heterocycles. The van der Waals surface area contributed by atoms with E-state index in [2.05, 4.69) is 5.32 Å². The highest BCUT2D eigenvalue weighted by atomic mass is 16.5. The molecule has 0 unspecified atom stereocenters. The number of nitrogens with one attached hydrogen (secondary N) is 1. The van der Waals surface area contributed by atoms with Gasteiger partial charge in [0.2, 0.25) is 0 Å². The number of methoxy groups -OCH3 is 1. The van der Waals surface area contributed by atoms with Gasteiger partial charge in [0.25, 0.3) is 0 Å². The summed E-state index contributed by atoms with van der Waals surface area (Å²) in [6.45, 7) is 0. The Hall–Kier alpha value is -3.53. The quantitative estimate of drug-likeness (QED) is 0.552. The van der Waals surface area contributed by atoms with Crippen LogP contribution in [0.4, 0.5) is 11.4 Å². The van der Waals surface area contributed by atoms with Crippen molar-refractivity contribution in [2.75, 3.05) is 12.4 Å². The Labute approximate surface area is 150 Å². The maximum Gasteiger partial charge on any atom is 0.193 e. The fourth-order valence-corrected chi connectivity index (χ4v) is 2.85. The molecule has 0 aliphatic heterocycles. The van der Waals surface area contributed by atoms with Crippen molar-refractivity contribution < 1.29 is 9.15 Å². The minimum absolute atomic E-state index is 0.0662. The van der Waals surface area contributed by atoms with Gasteiger partial charge in [-0.1, -0.05) is 36.4 Å². The molecule has 0 fully saturated rings. The fourth-order valence-electron chi connectivity index (χ4n) is 2.85. The van der Waals surface area contributed by atoms with Crippen molar-refractivity contribution in [1.82, 2.24) is 0 Å². The van der Waals surface area contributed by atoms with Crippen LogP contribution in [0.3, 0.4) is 0 Å². The summed E-state index contributed by atoms with van der Waals surface area (Å²) in [6, 6.07) is 24.2. The number of ether oxygens (including phenoxy) is 1. The van der Waals surface area contributed by atoms with Crippen LogP contribution in [0, 0.1) is 0 Å². The molecule has 0 aliphatic carbocycles. The van der Waals surface area contributed by atoms with Crippen LogP contribution in [0.25, 0.3) is 22.3 Å². The molecule has 0 radical (unpaired) electrons. The molecule has 128 valence electrons. The third kappa shape index (κ3) is 3.05. The third-order valence-corrected chi connectivity index (χ3v) is 4.18. The molecule has 0 aliphatic rings. The normalized spacial score (nSPS) is 10.7. The van der Waals surface area contributed by atoms with Gasteiger partial charge >= 0.3 is 0 Å². The maximum absolute atomic E-state index is 12.6. The monoisotopic (exact) mass is 343 g/mol. The topological polar surface area (TPSA) is 51.5 Å². The molecule has 0 amide bonds. The summed E-state index contributed by atoms with van der Waals surface area (Å²) < 4.78 is 11.3. The lowest BCUT2D eigenvalue weighted by atomic mass is 10.1. The van der Waals surface area contributed by atoms with Crippen molar-refractivity contribution in [3.05, 3.63) is 89.1 Å². The standard InChI is InChI=1S/C22H17NO3/c1-25-17-12-10-16(11-13-17)23-19-9-5-8-18-20(24)14-21(26-22(18)19)15-6-3-2-4-7-15/h2-14,23H,1H3.